The summed E-state index contributed by atoms with van der Waals surface area (Å²) >= 11 is 5.97. The van der Waals surface area contributed by atoms with Gasteiger partial charge in [0, 0.05) is 17.0 Å². The van der Waals surface area contributed by atoms with Crippen LogP contribution in [0.1, 0.15) is 19.4 Å². The molecule has 0 bridgehead atoms. The highest BCUT2D eigenvalue weighted by Crippen LogP contribution is 2.41. The smallest absolute Gasteiger partial charge is 0.262 e. The molecule has 1 heterocycles. The van der Waals surface area contributed by atoms with E-state index in [1.807, 2.05) is 26.0 Å². The maximum absolute atomic E-state index is 12.2. The molecule has 0 spiro atoms. The molecule has 2 aromatic carbocycles. The lowest BCUT2D eigenvalue weighted by Gasteiger charge is -2.18. The molecule has 1 N–H and O–H groups in total. The fourth-order valence-electron chi connectivity index (χ4n) is 2.81. The summed E-state index contributed by atoms with van der Waals surface area (Å²) in [7, 11) is 1.53. The number of anilines is 1. The second-order valence-electron chi connectivity index (χ2n) is 6.46. The van der Waals surface area contributed by atoms with Crippen LogP contribution in [0.25, 0.3) is 0 Å². The van der Waals surface area contributed by atoms with Gasteiger partial charge in [0.05, 0.1) is 12.8 Å². The van der Waals surface area contributed by atoms with Crippen LogP contribution < -0.4 is 19.5 Å². The molecule has 0 saturated heterocycles. The highest BCUT2D eigenvalue weighted by molar-refractivity contribution is 6.31. The quantitative estimate of drug-likeness (QED) is 0.871. The summed E-state index contributed by atoms with van der Waals surface area (Å²) in [5, 5.41) is 3.25. The third kappa shape index (κ3) is 3.99. The highest BCUT2D eigenvalue weighted by atomic mass is 35.5. The number of halogens is 1. The van der Waals surface area contributed by atoms with Gasteiger partial charge in [-0.1, -0.05) is 23.7 Å². The number of para-hydroxylation sites is 1. The Labute approximate surface area is 151 Å². The fraction of sp³-hybridized carbons (Fsp3) is 0.316. The van der Waals surface area contributed by atoms with E-state index >= 15 is 0 Å². The predicted octanol–water partition coefficient (Wildman–Crippen LogP) is 4.08. The van der Waals surface area contributed by atoms with E-state index in [9.17, 15) is 4.79 Å². The van der Waals surface area contributed by atoms with Gasteiger partial charge >= 0.3 is 0 Å². The van der Waals surface area contributed by atoms with Gasteiger partial charge in [0.2, 0.25) is 0 Å². The zero-order valence-corrected chi connectivity index (χ0v) is 15.1. The van der Waals surface area contributed by atoms with Crippen molar-refractivity contribution in [2.24, 2.45) is 0 Å². The van der Waals surface area contributed by atoms with Crippen LogP contribution in [0, 0.1) is 0 Å². The number of methoxy groups -OCH3 is 1. The maximum atomic E-state index is 12.2. The van der Waals surface area contributed by atoms with Crippen molar-refractivity contribution in [1.29, 1.82) is 0 Å². The van der Waals surface area contributed by atoms with Gasteiger partial charge in [-0.15, -0.1) is 0 Å². The molecule has 3 rings (SSSR count). The summed E-state index contributed by atoms with van der Waals surface area (Å²) in [6.45, 7) is 3.90. The summed E-state index contributed by atoms with van der Waals surface area (Å²) in [5.74, 6) is 1.50. The number of hydrogen-bond acceptors (Lipinski definition) is 4. The predicted molar refractivity (Wildman–Crippen MR) is 97.0 cm³/mol. The minimum atomic E-state index is -0.310. The Kier molecular flexibility index (Phi) is 4.77. The topological polar surface area (TPSA) is 56.8 Å². The second-order valence-corrected chi connectivity index (χ2v) is 6.90. The van der Waals surface area contributed by atoms with Gasteiger partial charge < -0.3 is 19.5 Å². The van der Waals surface area contributed by atoms with E-state index in [0.717, 1.165) is 12.0 Å². The van der Waals surface area contributed by atoms with E-state index < -0.39 is 0 Å². The Morgan fingerprint density at radius 1 is 1.28 bits per heavy atom. The summed E-state index contributed by atoms with van der Waals surface area (Å²) in [6, 6.07) is 10.7. The Bertz CT molecular complexity index is 804. The molecular formula is C19H20ClNO4. The molecule has 1 aliphatic rings. The van der Waals surface area contributed by atoms with E-state index in [1.165, 1.54) is 7.11 Å². The second kappa shape index (κ2) is 6.84. The zero-order chi connectivity index (χ0) is 18.0. The summed E-state index contributed by atoms with van der Waals surface area (Å²) in [5.41, 5.74) is 1.32. The standard InChI is InChI=1S/C19H20ClNO4/c1-19(2)10-12-5-4-6-16(18(12)25-19)24-11-17(22)21-14-9-13(20)7-8-15(14)23-3/h4-9H,10-11H2,1-3H3,(H,21,22). The molecule has 0 radical (unpaired) electrons. The van der Waals surface area contributed by atoms with Crippen LogP contribution in [-0.2, 0) is 11.2 Å². The van der Waals surface area contributed by atoms with Gasteiger partial charge in [0.15, 0.2) is 18.1 Å². The Hall–Kier alpha value is -2.40. The normalized spacial score (nSPS) is 14.4. The van der Waals surface area contributed by atoms with Gasteiger partial charge in [-0.3, -0.25) is 4.79 Å². The van der Waals surface area contributed by atoms with Gasteiger partial charge in [-0.25, -0.2) is 0 Å². The molecule has 5 nitrogen and oxygen atoms in total. The number of hydrogen-bond donors (Lipinski definition) is 1. The fourth-order valence-corrected chi connectivity index (χ4v) is 2.98. The van der Waals surface area contributed by atoms with Crippen LogP contribution in [0.2, 0.25) is 5.02 Å². The highest BCUT2D eigenvalue weighted by Gasteiger charge is 2.32. The number of ether oxygens (including phenoxy) is 3. The van der Waals surface area contributed by atoms with Gasteiger partial charge in [0.1, 0.15) is 11.4 Å². The molecule has 0 aromatic heterocycles. The average molecular weight is 362 g/mol. The lowest BCUT2D eigenvalue weighted by molar-refractivity contribution is -0.118. The van der Waals surface area contributed by atoms with E-state index in [0.29, 0.717) is 28.0 Å². The minimum absolute atomic E-state index is 0.143. The molecule has 6 heteroatoms. The third-order valence-electron chi connectivity index (χ3n) is 3.85. The molecule has 1 amide bonds. The van der Waals surface area contributed by atoms with Crippen LogP contribution in [0.3, 0.4) is 0 Å². The molecule has 132 valence electrons. The summed E-state index contributed by atoms with van der Waals surface area (Å²) < 4.78 is 16.8. The number of nitrogens with one attached hydrogen (secondary N) is 1. The molecule has 0 aliphatic carbocycles. The third-order valence-corrected chi connectivity index (χ3v) is 4.08. The zero-order valence-electron chi connectivity index (χ0n) is 14.4. The van der Waals surface area contributed by atoms with E-state index in [-0.39, 0.29) is 18.1 Å². The first kappa shape index (κ1) is 17.4. The molecule has 2 aromatic rings. The van der Waals surface area contributed by atoms with Crippen molar-refractivity contribution in [2.45, 2.75) is 25.9 Å². The lowest BCUT2D eigenvalue weighted by Crippen LogP contribution is -2.25. The number of benzene rings is 2. The largest absolute Gasteiger partial charge is 0.495 e. The van der Waals surface area contributed by atoms with Crippen molar-refractivity contribution in [3.05, 3.63) is 47.0 Å². The molecule has 1 aliphatic heterocycles. The van der Waals surface area contributed by atoms with Crippen molar-refractivity contribution in [3.63, 3.8) is 0 Å². The van der Waals surface area contributed by atoms with Gasteiger partial charge in [-0.2, -0.15) is 0 Å². The van der Waals surface area contributed by atoms with Crippen LogP contribution in [0.15, 0.2) is 36.4 Å². The van der Waals surface area contributed by atoms with Crippen molar-refractivity contribution >= 4 is 23.2 Å². The number of amides is 1. The molecular weight excluding hydrogens is 342 g/mol. The first-order chi connectivity index (χ1) is 11.9. The average Bonchev–Trinajstić information content (AvgIpc) is 2.87. The van der Waals surface area contributed by atoms with Crippen LogP contribution in [0.5, 0.6) is 17.2 Å². The maximum Gasteiger partial charge on any atom is 0.262 e. The SMILES string of the molecule is COc1ccc(Cl)cc1NC(=O)COc1cccc2c1OC(C)(C)C2. The molecule has 0 atom stereocenters. The van der Waals surface area contributed by atoms with E-state index in [1.54, 1.807) is 24.3 Å². The van der Waals surface area contributed by atoms with E-state index in [4.69, 9.17) is 25.8 Å². The van der Waals surface area contributed by atoms with Crippen molar-refractivity contribution in [3.8, 4) is 17.2 Å². The van der Waals surface area contributed by atoms with Crippen LogP contribution >= 0.6 is 11.6 Å². The Morgan fingerprint density at radius 3 is 2.84 bits per heavy atom. The van der Waals surface area contributed by atoms with Crippen molar-refractivity contribution < 1.29 is 19.0 Å². The number of carbonyl (C=O) groups excluding carboxylic acids is 1. The molecule has 0 unspecified atom stereocenters. The van der Waals surface area contributed by atoms with Crippen molar-refractivity contribution in [1.82, 2.24) is 0 Å². The molecule has 0 saturated carbocycles. The van der Waals surface area contributed by atoms with Crippen molar-refractivity contribution in [2.75, 3.05) is 19.0 Å². The van der Waals surface area contributed by atoms with Crippen LogP contribution in [-0.4, -0.2) is 25.2 Å². The molecule has 0 fully saturated rings. The van der Waals surface area contributed by atoms with Gasteiger partial charge in [-0.05, 0) is 38.1 Å². The number of carbonyl (C=O) groups is 1. The van der Waals surface area contributed by atoms with Gasteiger partial charge in [0.25, 0.3) is 5.91 Å². The van der Waals surface area contributed by atoms with Crippen LogP contribution in [0.4, 0.5) is 5.69 Å². The minimum Gasteiger partial charge on any atom is -0.495 e. The summed E-state index contributed by atoms with van der Waals surface area (Å²) in [4.78, 5) is 12.2. The lowest BCUT2D eigenvalue weighted by atomic mass is 10.0. The number of rotatable bonds is 5. The monoisotopic (exact) mass is 361 g/mol. The first-order valence-electron chi connectivity index (χ1n) is 7.95. The summed E-state index contributed by atoms with van der Waals surface area (Å²) in [6.07, 6.45) is 0.811. The Balaban J connectivity index is 1.67. The molecule has 25 heavy (non-hydrogen) atoms. The number of fused-ring (bicyclic) bond motifs is 1. The first-order valence-corrected chi connectivity index (χ1v) is 8.33. The Morgan fingerprint density at radius 2 is 2.08 bits per heavy atom. The van der Waals surface area contributed by atoms with E-state index in [2.05, 4.69) is 5.32 Å².